The van der Waals surface area contributed by atoms with Crippen LogP contribution in [-0.4, -0.2) is 12.5 Å². The molecule has 0 saturated carbocycles. The van der Waals surface area contributed by atoms with Crippen molar-refractivity contribution in [1.82, 2.24) is 5.32 Å². The van der Waals surface area contributed by atoms with Crippen molar-refractivity contribution in [2.75, 3.05) is 11.9 Å². The minimum absolute atomic E-state index is 0.0697. The van der Waals surface area contributed by atoms with Crippen molar-refractivity contribution in [3.8, 4) is 0 Å². The number of rotatable bonds is 2. The van der Waals surface area contributed by atoms with E-state index in [1.807, 2.05) is 30.3 Å². The highest BCUT2D eigenvalue weighted by molar-refractivity contribution is 14.1. The second-order valence-corrected chi connectivity index (χ2v) is 7.03. The van der Waals surface area contributed by atoms with Gasteiger partial charge in [-0.1, -0.05) is 28.1 Å². The fourth-order valence-electron chi connectivity index (χ4n) is 2.49. The Morgan fingerprint density at radius 3 is 3.00 bits per heavy atom. The average Bonchev–Trinajstić information content (AvgIpc) is 2.50. The fraction of sp³-hybridized carbons (Fsp3) is 0.188. The quantitative estimate of drug-likeness (QED) is 0.672. The summed E-state index contributed by atoms with van der Waals surface area (Å²) in [6.07, 6.45) is 1.01. The summed E-state index contributed by atoms with van der Waals surface area (Å²) in [6, 6.07) is 11.8. The van der Waals surface area contributed by atoms with Gasteiger partial charge < -0.3 is 10.6 Å². The van der Waals surface area contributed by atoms with Crippen molar-refractivity contribution in [3.05, 3.63) is 61.1 Å². The Balaban J connectivity index is 1.90. The zero-order chi connectivity index (χ0) is 14.8. The predicted octanol–water partition coefficient (Wildman–Crippen LogP) is 3.95. The number of amides is 1. The maximum Gasteiger partial charge on any atom is 0.256 e. The van der Waals surface area contributed by atoms with Crippen molar-refractivity contribution in [2.45, 2.75) is 13.0 Å². The zero-order valence-corrected chi connectivity index (χ0v) is 15.0. The summed E-state index contributed by atoms with van der Waals surface area (Å²) < 4.78 is 1.85. The number of hydrogen-bond acceptors (Lipinski definition) is 2. The Hall–Kier alpha value is -0.920. The summed E-state index contributed by atoms with van der Waals surface area (Å²) in [5, 5.41) is 6.40. The molecule has 0 radical (unpaired) electrons. The van der Waals surface area contributed by atoms with Crippen LogP contribution >= 0.6 is 38.5 Å². The predicted molar refractivity (Wildman–Crippen MR) is 96.7 cm³/mol. The van der Waals surface area contributed by atoms with Crippen LogP contribution in [0, 0.1) is 3.57 Å². The molecule has 0 atom stereocenters. The third-order valence-corrected chi connectivity index (χ3v) is 5.00. The molecule has 0 bridgehead atoms. The number of benzene rings is 2. The lowest BCUT2D eigenvalue weighted by molar-refractivity contribution is 0.102. The van der Waals surface area contributed by atoms with Crippen LogP contribution < -0.4 is 10.6 Å². The van der Waals surface area contributed by atoms with E-state index in [0.717, 1.165) is 33.2 Å². The second-order valence-electron chi connectivity index (χ2n) is 4.95. The Labute approximate surface area is 145 Å². The first-order valence-electron chi connectivity index (χ1n) is 6.73. The summed E-state index contributed by atoms with van der Waals surface area (Å²) in [5.41, 5.74) is 4.10. The van der Waals surface area contributed by atoms with Crippen LogP contribution in [0.2, 0.25) is 0 Å². The molecule has 21 heavy (non-hydrogen) atoms. The fourth-order valence-corrected chi connectivity index (χ4v) is 3.43. The Morgan fingerprint density at radius 2 is 2.14 bits per heavy atom. The molecule has 2 aromatic rings. The van der Waals surface area contributed by atoms with Crippen LogP contribution in [0.4, 0.5) is 5.69 Å². The molecule has 0 unspecified atom stereocenters. The van der Waals surface area contributed by atoms with E-state index in [2.05, 4.69) is 55.2 Å². The van der Waals surface area contributed by atoms with Gasteiger partial charge in [-0.25, -0.2) is 0 Å². The van der Waals surface area contributed by atoms with Gasteiger partial charge in [0.2, 0.25) is 0 Å². The van der Waals surface area contributed by atoms with Gasteiger partial charge in [0.15, 0.2) is 0 Å². The molecule has 0 fully saturated rings. The number of nitrogens with one attached hydrogen (secondary N) is 2. The molecule has 1 aliphatic rings. The third-order valence-electron chi connectivity index (χ3n) is 3.57. The van der Waals surface area contributed by atoms with E-state index in [0.29, 0.717) is 5.56 Å². The van der Waals surface area contributed by atoms with Crippen LogP contribution in [-0.2, 0) is 13.0 Å². The third kappa shape index (κ3) is 3.30. The molecule has 1 aliphatic heterocycles. The van der Waals surface area contributed by atoms with Gasteiger partial charge in [0.05, 0.1) is 5.56 Å². The van der Waals surface area contributed by atoms with Crippen molar-refractivity contribution in [3.63, 3.8) is 0 Å². The second kappa shape index (κ2) is 6.46. The van der Waals surface area contributed by atoms with Crippen LogP contribution in [0.3, 0.4) is 0 Å². The Kier molecular flexibility index (Phi) is 4.61. The molecule has 1 heterocycles. The monoisotopic (exact) mass is 456 g/mol. The van der Waals surface area contributed by atoms with E-state index in [4.69, 9.17) is 0 Å². The smallest absolute Gasteiger partial charge is 0.256 e. The van der Waals surface area contributed by atoms with E-state index < -0.39 is 0 Å². The molecule has 0 aliphatic carbocycles. The Morgan fingerprint density at radius 1 is 1.29 bits per heavy atom. The first-order chi connectivity index (χ1) is 10.1. The maximum absolute atomic E-state index is 12.5. The van der Waals surface area contributed by atoms with Gasteiger partial charge in [0.25, 0.3) is 5.91 Å². The van der Waals surface area contributed by atoms with Gasteiger partial charge in [-0.05, 0) is 70.9 Å². The molecule has 3 nitrogen and oxygen atoms in total. The zero-order valence-electron chi connectivity index (χ0n) is 11.2. The van der Waals surface area contributed by atoms with Gasteiger partial charge >= 0.3 is 0 Å². The molecular weight excluding hydrogens is 443 g/mol. The highest BCUT2D eigenvalue weighted by atomic mass is 127. The Bertz CT molecular complexity index is 703. The van der Waals surface area contributed by atoms with Crippen molar-refractivity contribution in [2.24, 2.45) is 0 Å². The molecule has 0 spiro atoms. The van der Waals surface area contributed by atoms with E-state index in [1.54, 1.807) is 0 Å². The molecule has 3 rings (SSSR count). The number of carbonyl (C=O) groups is 1. The van der Waals surface area contributed by atoms with Crippen molar-refractivity contribution in [1.29, 1.82) is 0 Å². The number of halogens is 2. The largest absolute Gasteiger partial charge is 0.322 e. The van der Waals surface area contributed by atoms with Gasteiger partial charge in [0, 0.05) is 20.3 Å². The standard InChI is InChI=1S/C16H14BrIN2O/c17-11-4-5-14(18)12(8-11)16(21)20-15-3-1-2-10-6-7-19-9-13(10)15/h1-5,8,19H,6-7,9H2,(H,20,21). The number of fused-ring (bicyclic) bond motifs is 1. The first-order valence-corrected chi connectivity index (χ1v) is 8.60. The first kappa shape index (κ1) is 15.0. The van der Waals surface area contributed by atoms with Crippen LogP contribution in [0.15, 0.2) is 40.9 Å². The normalized spacial score (nSPS) is 13.6. The summed E-state index contributed by atoms with van der Waals surface area (Å²) in [5.74, 6) is -0.0697. The van der Waals surface area contributed by atoms with Gasteiger partial charge in [0.1, 0.15) is 0 Å². The summed E-state index contributed by atoms with van der Waals surface area (Å²) >= 11 is 5.60. The minimum atomic E-state index is -0.0697. The van der Waals surface area contributed by atoms with Crippen LogP contribution in [0.1, 0.15) is 21.5 Å². The number of hydrogen-bond donors (Lipinski definition) is 2. The lowest BCUT2D eigenvalue weighted by Crippen LogP contribution is -2.25. The molecule has 108 valence electrons. The van der Waals surface area contributed by atoms with Crippen molar-refractivity contribution >= 4 is 50.1 Å². The molecule has 2 aromatic carbocycles. The van der Waals surface area contributed by atoms with E-state index in [9.17, 15) is 4.79 Å². The highest BCUT2D eigenvalue weighted by Gasteiger charge is 2.16. The summed E-state index contributed by atoms with van der Waals surface area (Å²) in [7, 11) is 0. The van der Waals surface area contributed by atoms with E-state index in [1.165, 1.54) is 11.1 Å². The van der Waals surface area contributed by atoms with Crippen molar-refractivity contribution < 1.29 is 4.79 Å². The average molecular weight is 457 g/mol. The van der Waals surface area contributed by atoms with Crippen LogP contribution in [0.25, 0.3) is 0 Å². The van der Waals surface area contributed by atoms with Gasteiger partial charge in [-0.2, -0.15) is 0 Å². The van der Waals surface area contributed by atoms with Gasteiger partial charge in [-0.3, -0.25) is 4.79 Å². The van der Waals surface area contributed by atoms with Crippen LogP contribution in [0.5, 0.6) is 0 Å². The minimum Gasteiger partial charge on any atom is -0.322 e. The maximum atomic E-state index is 12.5. The SMILES string of the molecule is O=C(Nc1cccc2c1CNCC2)c1cc(Br)ccc1I. The van der Waals surface area contributed by atoms with Gasteiger partial charge in [-0.15, -0.1) is 0 Å². The molecule has 0 saturated heterocycles. The molecule has 2 N–H and O–H groups in total. The summed E-state index contributed by atoms with van der Waals surface area (Å²) in [6.45, 7) is 1.80. The number of anilines is 1. The molecule has 5 heteroatoms. The lowest BCUT2D eigenvalue weighted by atomic mass is 9.99. The van der Waals surface area contributed by atoms with E-state index >= 15 is 0 Å². The highest BCUT2D eigenvalue weighted by Crippen LogP contribution is 2.25. The van der Waals surface area contributed by atoms with E-state index in [-0.39, 0.29) is 5.91 Å². The molecule has 0 aromatic heterocycles. The summed E-state index contributed by atoms with van der Waals surface area (Å²) in [4.78, 5) is 12.5. The molecular formula is C16H14BrIN2O. The lowest BCUT2D eigenvalue weighted by Gasteiger charge is -2.20. The number of carbonyl (C=O) groups excluding carboxylic acids is 1. The molecule has 1 amide bonds. The topological polar surface area (TPSA) is 41.1 Å².